The number of nitrogen functional groups attached to an aromatic ring is 1. The van der Waals surface area contributed by atoms with E-state index in [1.807, 2.05) is 14.1 Å². The van der Waals surface area contributed by atoms with Crippen LogP contribution in [0.4, 0.5) is 11.9 Å². The maximum atomic E-state index is 5.37. The summed E-state index contributed by atoms with van der Waals surface area (Å²) in [5.74, 6) is 5.98. The molecule has 0 radical (unpaired) electrons. The Balaban J connectivity index is 2.46. The lowest BCUT2D eigenvalue weighted by Crippen LogP contribution is -2.19. The Kier molecular flexibility index (Phi) is 6.79. The Bertz CT molecular complexity index is 376. The summed E-state index contributed by atoms with van der Waals surface area (Å²) in [6, 6.07) is 0.196. The number of hydrogen-bond acceptors (Lipinski definition) is 9. The highest BCUT2D eigenvalue weighted by molar-refractivity contribution is 5.35. The zero-order valence-corrected chi connectivity index (χ0v) is 11.4. The molecule has 3 N–H and O–H groups in total. The lowest BCUT2D eigenvalue weighted by Gasteiger charge is -2.12. The summed E-state index contributed by atoms with van der Waals surface area (Å²) >= 11 is 0. The second-order valence-corrected chi connectivity index (χ2v) is 3.73. The van der Waals surface area contributed by atoms with Crippen LogP contribution in [-0.4, -0.2) is 62.6 Å². The first-order chi connectivity index (χ1) is 9.17. The summed E-state index contributed by atoms with van der Waals surface area (Å²) in [4.78, 5) is 13.9. The molecule has 0 saturated carbocycles. The van der Waals surface area contributed by atoms with E-state index >= 15 is 0 Å². The lowest BCUT2D eigenvalue weighted by atomic mass is 10.7. The van der Waals surface area contributed by atoms with Crippen LogP contribution in [0.15, 0.2) is 0 Å². The van der Waals surface area contributed by atoms with Crippen LogP contribution in [0.2, 0.25) is 0 Å². The molecule has 0 aromatic carbocycles. The standard InChI is InChI=1S/C10H20N6O3/c1-16(2)9-12-8(15-11)13-10(14-9)19-7-6-18-5-4-17-3/h4-7,11H2,1-3H3,(H,12,13,14,15). The molecule has 9 nitrogen and oxygen atoms in total. The summed E-state index contributed by atoms with van der Waals surface area (Å²) in [5.41, 5.74) is 2.36. The van der Waals surface area contributed by atoms with Gasteiger partial charge in [-0.3, -0.25) is 5.43 Å². The van der Waals surface area contributed by atoms with Crippen LogP contribution < -0.4 is 20.9 Å². The third-order valence-corrected chi connectivity index (χ3v) is 2.02. The molecule has 0 fully saturated rings. The summed E-state index contributed by atoms with van der Waals surface area (Å²) in [7, 11) is 5.25. The number of nitrogens with zero attached hydrogens (tertiary/aromatic N) is 4. The molecule has 0 aliphatic heterocycles. The van der Waals surface area contributed by atoms with Gasteiger partial charge in [-0.25, -0.2) is 5.84 Å². The molecule has 1 aromatic rings. The number of nitrogens with two attached hydrogens (primary N) is 1. The average molecular weight is 272 g/mol. The van der Waals surface area contributed by atoms with Gasteiger partial charge < -0.3 is 19.1 Å². The maximum absolute atomic E-state index is 5.37. The normalized spacial score (nSPS) is 10.3. The number of nitrogens with one attached hydrogen (secondary N) is 1. The van der Waals surface area contributed by atoms with E-state index in [2.05, 4.69) is 20.4 Å². The van der Waals surface area contributed by atoms with E-state index in [1.165, 1.54) is 0 Å². The van der Waals surface area contributed by atoms with Crippen molar-refractivity contribution in [2.45, 2.75) is 0 Å². The van der Waals surface area contributed by atoms with Crippen molar-refractivity contribution in [1.29, 1.82) is 0 Å². The summed E-state index contributed by atoms with van der Waals surface area (Å²) < 4.78 is 15.5. The second kappa shape index (κ2) is 8.40. The van der Waals surface area contributed by atoms with Gasteiger partial charge in [0.25, 0.3) is 0 Å². The zero-order valence-electron chi connectivity index (χ0n) is 11.4. The zero-order chi connectivity index (χ0) is 14.1. The van der Waals surface area contributed by atoms with Crippen LogP contribution in [0.1, 0.15) is 0 Å². The molecule has 9 heteroatoms. The monoisotopic (exact) mass is 272 g/mol. The highest BCUT2D eigenvalue weighted by Gasteiger charge is 2.08. The Morgan fingerprint density at radius 3 is 2.47 bits per heavy atom. The highest BCUT2D eigenvalue weighted by atomic mass is 16.5. The molecule has 0 bridgehead atoms. The molecule has 0 aliphatic carbocycles. The van der Waals surface area contributed by atoms with Crippen molar-refractivity contribution < 1.29 is 14.2 Å². The van der Waals surface area contributed by atoms with Crippen LogP contribution in [0.3, 0.4) is 0 Å². The van der Waals surface area contributed by atoms with Crippen molar-refractivity contribution in [3.8, 4) is 6.01 Å². The van der Waals surface area contributed by atoms with E-state index < -0.39 is 0 Å². The van der Waals surface area contributed by atoms with Gasteiger partial charge in [-0.05, 0) is 0 Å². The van der Waals surface area contributed by atoms with E-state index in [9.17, 15) is 0 Å². The van der Waals surface area contributed by atoms with E-state index in [0.29, 0.717) is 32.4 Å². The number of hydrogen-bond donors (Lipinski definition) is 2. The average Bonchev–Trinajstić information content (AvgIpc) is 2.42. The highest BCUT2D eigenvalue weighted by Crippen LogP contribution is 2.12. The molecule has 0 unspecified atom stereocenters. The van der Waals surface area contributed by atoms with Gasteiger partial charge in [-0.15, -0.1) is 0 Å². The van der Waals surface area contributed by atoms with E-state index in [0.717, 1.165) is 0 Å². The van der Waals surface area contributed by atoms with Crippen molar-refractivity contribution >= 4 is 11.9 Å². The third-order valence-electron chi connectivity index (χ3n) is 2.02. The van der Waals surface area contributed by atoms with Crippen LogP contribution in [0.5, 0.6) is 6.01 Å². The van der Waals surface area contributed by atoms with Gasteiger partial charge in [0.15, 0.2) is 0 Å². The Hall–Kier alpha value is -1.71. The molecule has 1 rings (SSSR count). The van der Waals surface area contributed by atoms with Crippen LogP contribution >= 0.6 is 0 Å². The first-order valence-electron chi connectivity index (χ1n) is 5.77. The fourth-order valence-electron chi connectivity index (χ4n) is 1.11. The second-order valence-electron chi connectivity index (χ2n) is 3.73. The van der Waals surface area contributed by atoms with Crippen LogP contribution in [0, 0.1) is 0 Å². The molecule has 0 aliphatic rings. The van der Waals surface area contributed by atoms with Gasteiger partial charge in [-0.1, -0.05) is 0 Å². The molecule has 1 aromatic heterocycles. The van der Waals surface area contributed by atoms with Crippen LogP contribution in [-0.2, 0) is 9.47 Å². The van der Waals surface area contributed by atoms with E-state index in [-0.39, 0.29) is 12.0 Å². The molecule has 1 heterocycles. The van der Waals surface area contributed by atoms with Crippen molar-refractivity contribution in [2.75, 3.05) is 58.0 Å². The van der Waals surface area contributed by atoms with E-state index in [1.54, 1.807) is 12.0 Å². The quantitative estimate of drug-likeness (QED) is 0.341. The molecule has 0 spiro atoms. The largest absolute Gasteiger partial charge is 0.461 e. The van der Waals surface area contributed by atoms with Crippen molar-refractivity contribution in [3.05, 3.63) is 0 Å². The Labute approximate surface area is 112 Å². The van der Waals surface area contributed by atoms with Crippen molar-refractivity contribution in [3.63, 3.8) is 0 Å². The lowest BCUT2D eigenvalue weighted by molar-refractivity contribution is 0.0528. The van der Waals surface area contributed by atoms with Gasteiger partial charge in [0, 0.05) is 21.2 Å². The summed E-state index contributed by atoms with van der Waals surface area (Å²) in [5, 5.41) is 0. The number of ether oxygens (including phenoxy) is 3. The van der Waals surface area contributed by atoms with Gasteiger partial charge >= 0.3 is 6.01 Å². The number of rotatable bonds is 9. The first kappa shape index (κ1) is 15.3. The summed E-state index contributed by atoms with van der Waals surface area (Å²) in [6.45, 7) is 1.84. The molecule has 0 atom stereocenters. The molecule has 108 valence electrons. The minimum absolute atomic E-state index is 0.196. The minimum atomic E-state index is 0.196. The number of hydrazine groups is 1. The van der Waals surface area contributed by atoms with E-state index in [4.69, 9.17) is 20.1 Å². The third kappa shape index (κ3) is 5.64. The topological polar surface area (TPSA) is 108 Å². The molecular formula is C10H20N6O3. The molecule has 0 amide bonds. The van der Waals surface area contributed by atoms with Crippen LogP contribution in [0.25, 0.3) is 0 Å². The van der Waals surface area contributed by atoms with Gasteiger partial charge in [0.1, 0.15) is 6.61 Å². The first-order valence-corrected chi connectivity index (χ1v) is 5.77. The molecule has 19 heavy (non-hydrogen) atoms. The number of aromatic nitrogens is 3. The van der Waals surface area contributed by atoms with Gasteiger partial charge in [-0.2, -0.15) is 15.0 Å². The Morgan fingerprint density at radius 2 is 1.84 bits per heavy atom. The SMILES string of the molecule is COCCOCCOc1nc(NN)nc(N(C)C)n1. The maximum Gasteiger partial charge on any atom is 0.323 e. The predicted octanol–water partition coefficient (Wildman–Crippen LogP) is -0.735. The predicted molar refractivity (Wildman–Crippen MR) is 70.2 cm³/mol. The smallest absolute Gasteiger partial charge is 0.323 e. The summed E-state index contributed by atoms with van der Waals surface area (Å²) in [6.07, 6.45) is 0. The van der Waals surface area contributed by atoms with Gasteiger partial charge in [0.2, 0.25) is 11.9 Å². The fraction of sp³-hybridized carbons (Fsp3) is 0.700. The molecule has 0 saturated heterocycles. The molecular weight excluding hydrogens is 252 g/mol. The minimum Gasteiger partial charge on any atom is -0.461 e. The number of methoxy groups -OCH3 is 1. The number of anilines is 2. The van der Waals surface area contributed by atoms with Crippen molar-refractivity contribution in [2.24, 2.45) is 5.84 Å². The van der Waals surface area contributed by atoms with Crippen molar-refractivity contribution in [1.82, 2.24) is 15.0 Å². The fourth-order valence-corrected chi connectivity index (χ4v) is 1.11. The van der Waals surface area contributed by atoms with Gasteiger partial charge in [0.05, 0.1) is 19.8 Å². The Morgan fingerprint density at radius 1 is 1.11 bits per heavy atom.